The molecule has 0 radical (unpaired) electrons. The molecule has 0 bridgehead atoms. The van der Waals surface area contributed by atoms with Gasteiger partial charge in [0.25, 0.3) is 5.91 Å². The van der Waals surface area contributed by atoms with Gasteiger partial charge in [0.15, 0.2) is 17.3 Å². The highest BCUT2D eigenvalue weighted by Gasteiger charge is 2.13. The molecule has 3 aromatic rings. The highest BCUT2D eigenvalue weighted by Crippen LogP contribution is 2.34. The molecule has 2 heterocycles. The Morgan fingerprint density at radius 2 is 1.83 bits per heavy atom. The second-order valence-corrected chi connectivity index (χ2v) is 7.55. The minimum atomic E-state index is -0.322. The Labute approximate surface area is 177 Å². The van der Waals surface area contributed by atoms with Gasteiger partial charge in [-0.15, -0.1) is 11.8 Å². The molecule has 8 heteroatoms. The summed E-state index contributed by atoms with van der Waals surface area (Å²) in [5.74, 6) is 1.56. The fraction of sp³-hybridized carbons (Fsp3) is 0.182. The number of hydrogen-bond acceptors (Lipinski definition) is 6. The standard InChI is InChI=1S/C22H20N2O5S/c25-21(14-30-17-6-7-18-20(12-17)29-10-9-28-18)23-13-15-3-1-4-16(11-15)24-22(26)19-5-2-8-27-19/h1-8,11-12H,9-10,13-14H2,(H,23,25)(H,24,26). The number of fused-ring (bicyclic) bond motifs is 1. The molecule has 1 aromatic heterocycles. The third-order valence-electron chi connectivity index (χ3n) is 4.30. The molecule has 0 atom stereocenters. The first-order valence-corrected chi connectivity index (χ1v) is 10.4. The van der Waals surface area contributed by atoms with Crippen LogP contribution in [0.3, 0.4) is 0 Å². The van der Waals surface area contributed by atoms with E-state index in [4.69, 9.17) is 13.9 Å². The minimum absolute atomic E-state index is 0.0834. The number of nitrogens with one attached hydrogen (secondary N) is 2. The molecular formula is C22H20N2O5S. The highest BCUT2D eigenvalue weighted by molar-refractivity contribution is 8.00. The summed E-state index contributed by atoms with van der Waals surface area (Å²) in [7, 11) is 0. The predicted octanol–water partition coefficient (Wildman–Crippen LogP) is 3.71. The van der Waals surface area contributed by atoms with E-state index < -0.39 is 0 Å². The van der Waals surface area contributed by atoms with Crippen LogP contribution in [0.1, 0.15) is 16.1 Å². The summed E-state index contributed by atoms with van der Waals surface area (Å²) >= 11 is 1.43. The van der Waals surface area contributed by atoms with Crippen LogP contribution in [0.25, 0.3) is 0 Å². The van der Waals surface area contributed by atoms with Crippen LogP contribution >= 0.6 is 11.8 Å². The fourth-order valence-electron chi connectivity index (χ4n) is 2.87. The highest BCUT2D eigenvalue weighted by atomic mass is 32.2. The van der Waals surface area contributed by atoms with Crippen molar-refractivity contribution in [1.29, 1.82) is 0 Å². The monoisotopic (exact) mass is 424 g/mol. The van der Waals surface area contributed by atoms with E-state index in [1.54, 1.807) is 18.2 Å². The lowest BCUT2D eigenvalue weighted by atomic mass is 10.2. The van der Waals surface area contributed by atoms with Crippen LogP contribution < -0.4 is 20.1 Å². The predicted molar refractivity (Wildman–Crippen MR) is 113 cm³/mol. The van der Waals surface area contributed by atoms with E-state index in [9.17, 15) is 9.59 Å². The molecule has 0 aliphatic carbocycles. The lowest BCUT2D eigenvalue weighted by molar-refractivity contribution is -0.118. The van der Waals surface area contributed by atoms with Gasteiger partial charge < -0.3 is 24.5 Å². The molecule has 0 spiro atoms. The molecule has 30 heavy (non-hydrogen) atoms. The van der Waals surface area contributed by atoms with Crippen LogP contribution in [0.2, 0.25) is 0 Å². The average Bonchev–Trinajstić information content (AvgIpc) is 3.32. The van der Waals surface area contributed by atoms with Crippen molar-refractivity contribution in [3.05, 3.63) is 72.2 Å². The second kappa shape index (κ2) is 9.41. The minimum Gasteiger partial charge on any atom is -0.486 e. The topological polar surface area (TPSA) is 89.8 Å². The van der Waals surface area contributed by atoms with Crippen molar-refractivity contribution >= 4 is 29.3 Å². The largest absolute Gasteiger partial charge is 0.486 e. The maximum atomic E-state index is 12.2. The summed E-state index contributed by atoms with van der Waals surface area (Å²) in [6, 6.07) is 16.2. The molecule has 154 valence electrons. The number of hydrogen-bond donors (Lipinski definition) is 2. The summed E-state index contributed by atoms with van der Waals surface area (Å²) < 4.78 is 16.1. The second-order valence-electron chi connectivity index (χ2n) is 6.50. The number of furan rings is 1. The van der Waals surface area contributed by atoms with E-state index >= 15 is 0 Å². The van der Waals surface area contributed by atoms with Gasteiger partial charge in [0.2, 0.25) is 5.91 Å². The smallest absolute Gasteiger partial charge is 0.291 e. The third-order valence-corrected chi connectivity index (χ3v) is 5.30. The van der Waals surface area contributed by atoms with E-state index in [1.165, 1.54) is 18.0 Å². The average molecular weight is 424 g/mol. The van der Waals surface area contributed by atoms with E-state index in [-0.39, 0.29) is 23.3 Å². The van der Waals surface area contributed by atoms with E-state index in [2.05, 4.69) is 10.6 Å². The summed E-state index contributed by atoms with van der Waals surface area (Å²) in [6.07, 6.45) is 1.45. The third kappa shape index (κ3) is 5.15. The molecular weight excluding hydrogens is 404 g/mol. The molecule has 7 nitrogen and oxygen atoms in total. The van der Waals surface area contributed by atoms with Crippen LogP contribution in [0.4, 0.5) is 5.69 Å². The zero-order valence-electron chi connectivity index (χ0n) is 16.1. The summed E-state index contributed by atoms with van der Waals surface area (Å²) in [5, 5.41) is 5.67. The molecule has 0 unspecified atom stereocenters. The Morgan fingerprint density at radius 1 is 0.967 bits per heavy atom. The van der Waals surface area contributed by atoms with Crippen molar-refractivity contribution in [3.63, 3.8) is 0 Å². The zero-order chi connectivity index (χ0) is 20.8. The quantitative estimate of drug-likeness (QED) is 0.562. The van der Waals surface area contributed by atoms with Crippen molar-refractivity contribution in [3.8, 4) is 11.5 Å². The molecule has 2 amide bonds. The number of rotatable bonds is 7. The first-order chi connectivity index (χ1) is 14.7. The lowest BCUT2D eigenvalue weighted by Gasteiger charge is -2.18. The zero-order valence-corrected chi connectivity index (χ0v) is 16.9. The van der Waals surface area contributed by atoms with Gasteiger partial charge in [-0.05, 0) is 48.0 Å². The molecule has 0 fully saturated rings. The molecule has 2 N–H and O–H groups in total. The van der Waals surface area contributed by atoms with E-state index in [0.29, 0.717) is 31.2 Å². The molecule has 1 aliphatic rings. The Kier molecular flexibility index (Phi) is 6.24. The molecule has 4 rings (SSSR count). The van der Waals surface area contributed by atoms with Gasteiger partial charge >= 0.3 is 0 Å². The summed E-state index contributed by atoms with van der Waals surface area (Å²) in [6.45, 7) is 1.45. The number of carbonyl (C=O) groups is 2. The van der Waals surface area contributed by atoms with Crippen LogP contribution in [-0.2, 0) is 11.3 Å². The van der Waals surface area contributed by atoms with E-state index in [0.717, 1.165) is 16.2 Å². The van der Waals surface area contributed by atoms with Gasteiger partial charge in [-0.25, -0.2) is 0 Å². The van der Waals surface area contributed by atoms with Gasteiger partial charge in [0, 0.05) is 17.1 Å². The number of carbonyl (C=O) groups excluding carboxylic acids is 2. The first-order valence-electron chi connectivity index (χ1n) is 9.40. The molecule has 0 saturated carbocycles. The number of anilines is 1. The van der Waals surface area contributed by atoms with Crippen LogP contribution in [0.5, 0.6) is 11.5 Å². The van der Waals surface area contributed by atoms with Gasteiger partial charge in [-0.1, -0.05) is 12.1 Å². The SMILES string of the molecule is O=C(CSc1ccc2c(c1)OCCO2)NCc1cccc(NC(=O)c2ccco2)c1. The Balaban J connectivity index is 1.26. The number of amides is 2. The maximum absolute atomic E-state index is 12.2. The number of benzene rings is 2. The van der Waals surface area contributed by atoms with Crippen LogP contribution in [0, 0.1) is 0 Å². The van der Waals surface area contributed by atoms with Crippen LogP contribution in [0.15, 0.2) is 70.2 Å². The summed E-state index contributed by atoms with van der Waals surface area (Å²) in [4.78, 5) is 25.2. The van der Waals surface area contributed by atoms with Crippen molar-refractivity contribution in [1.82, 2.24) is 5.32 Å². The summed E-state index contributed by atoms with van der Waals surface area (Å²) in [5.41, 5.74) is 1.51. The lowest BCUT2D eigenvalue weighted by Crippen LogP contribution is -2.24. The van der Waals surface area contributed by atoms with Crippen molar-refractivity contribution in [2.45, 2.75) is 11.4 Å². The normalized spacial score (nSPS) is 12.3. The first kappa shape index (κ1) is 19.9. The molecule has 0 saturated heterocycles. The number of thioether (sulfide) groups is 1. The van der Waals surface area contributed by atoms with Gasteiger partial charge in [-0.2, -0.15) is 0 Å². The van der Waals surface area contributed by atoms with E-state index in [1.807, 2.05) is 36.4 Å². The van der Waals surface area contributed by atoms with Crippen LogP contribution in [-0.4, -0.2) is 30.8 Å². The Bertz CT molecular complexity index is 1040. The Hall–Kier alpha value is -3.39. The number of ether oxygens (including phenoxy) is 2. The van der Waals surface area contributed by atoms with Gasteiger partial charge in [0.05, 0.1) is 12.0 Å². The van der Waals surface area contributed by atoms with Gasteiger partial charge in [-0.3, -0.25) is 9.59 Å². The van der Waals surface area contributed by atoms with Crippen molar-refractivity contribution in [2.24, 2.45) is 0 Å². The van der Waals surface area contributed by atoms with Crippen molar-refractivity contribution in [2.75, 3.05) is 24.3 Å². The molecule has 2 aromatic carbocycles. The maximum Gasteiger partial charge on any atom is 0.291 e. The fourth-order valence-corrected chi connectivity index (χ4v) is 3.63. The van der Waals surface area contributed by atoms with Gasteiger partial charge in [0.1, 0.15) is 13.2 Å². The molecule has 1 aliphatic heterocycles. The Morgan fingerprint density at radius 3 is 2.67 bits per heavy atom. The van der Waals surface area contributed by atoms with Crippen molar-refractivity contribution < 1.29 is 23.5 Å².